The summed E-state index contributed by atoms with van der Waals surface area (Å²) in [5.74, 6) is 3.47. The summed E-state index contributed by atoms with van der Waals surface area (Å²) in [4.78, 5) is 10.8. The van der Waals surface area contributed by atoms with Crippen molar-refractivity contribution >= 4 is 27.6 Å². The summed E-state index contributed by atoms with van der Waals surface area (Å²) in [6.07, 6.45) is 0.582. The van der Waals surface area contributed by atoms with Crippen molar-refractivity contribution in [3.63, 3.8) is 0 Å². The van der Waals surface area contributed by atoms with Crippen LogP contribution in [0.15, 0.2) is 12.1 Å². The number of hydrogen-bond donors (Lipinski definition) is 2. The van der Waals surface area contributed by atoms with Gasteiger partial charge in [-0.2, -0.15) is 0 Å². The van der Waals surface area contributed by atoms with Crippen LogP contribution >= 0.6 is 15.9 Å². The highest BCUT2D eigenvalue weighted by Gasteiger charge is 2.12. The molecule has 0 aliphatic rings. The van der Waals surface area contributed by atoms with E-state index in [9.17, 15) is 9.18 Å². The summed E-state index contributed by atoms with van der Waals surface area (Å²) in [6.45, 7) is 0. The number of nitrogens with two attached hydrogens (primary N) is 1. The minimum atomic E-state index is -1.26. The van der Waals surface area contributed by atoms with Crippen LogP contribution in [0.5, 0.6) is 0 Å². The molecule has 0 atom stereocenters. The predicted molar refractivity (Wildman–Crippen MR) is 63.1 cm³/mol. The molecule has 0 spiro atoms. The molecule has 0 saturated heterocycles. The van der Waals surface area contributed by atoms with Crippen LogP contribution in [0.2, 0.25) is 0 Å². The number of carboxylic acids is 1. The number of aromatic carboxylic acids is 1. The molecule has 0 fully saturated rings. The quantitative estimate of drug-likeness (QED) is 0.498. The fourth-order valence-corrected chi connectivity index (χ4v) is 1.30. The lowest BCUT2D eigenvalue weighted by Crippen LogP contribution is -2.05. The second kappa shape index (κ2) is 5.52. The van der Waals surface area contributed by atoms with Crippen molar-refractivity contribution in [2.75, 3.05) is 11.1 Å². The SMILES string of the molecule is Nc1c(C#CCCBr)cc(F)cc1C(=O)O. The topological polar surface area (TPSA) is 63.3 Å². The molecule has 0 heterocycles. The van der Waals surface area contributed by atoms with E-state index in [1.54, 1.807) is 0 Å². The lowest BCUT2D eigenvalue weighted by molar-refractivity contribution is 0.0697. The molecule has 0 aliphatic carbocycles. The minimum Gasteiger partial charge on any atom is -0.478 e. The first-order chi connectivity index (χ1) is 7.56. The van der Waals surface area contributed by atoms with E-state index in [2.05, 4.69) is 27.8 Å². The highest BCUT2D eigenvalue weighted by atomic mass is 79.9. The Hall–Kier alpha value is -1.54. The van der Waals surface area contributed by atoms with E-state index in [-0.39, 0.29) is 16.8 Å². The van der Waals surface area contributed by atoms with Crippen molar-refractivity contribution in [1.29, 1.82) is 0 Å². The van der Waals surface area contributed by atoms with Crippen molar-refractivity contribution in [2.24, 2.45) is 0 Å². The molecule has 3 nitrogen and oxygen atoms in total. The molecule has 3 N–H and O–H groups in total. The van der Waals surface area contributed by atoms with Gasteiger partial charge in [-0.25, -0.2) is 9.18 Å². The first-order valence-electron chi connectivity index (χ1n) is 4.43. The summed E-state index contributed by atoms with van der Waals surface area (Å²) in [6, 6.07) is 2.01. The number of alkyl halides is 1. The normalized spacial score (nSPS) is 9.38. The summed E-state index contributed by atoms with van der Waals surface area (Å²) in [7, 11) is 0. The van der Waals surface area contributed by atoms with E-state index in [0.29, 0.717) is 11.8 Å². The van der Waals surface area contributed by atoms with Gasteiger partial charge in [0.1, 0.15) is 5.82 Å². The number of carboxylic acid groups (broad SMARTS) is 1. The lowest BCUT2D eigenvalue weighted by Gasteiger charge is -2.03. The van der Waals surface area contributed by atoms with Gasteiger partial charge in [-0.1, -0.05) is 27.8 Å². The van der Waals surface area contributed by atoms with Gasteiger partial charge in [0, 0.05) is 11.8 Å². The second-order valence-electron chi connectivity index (χ2n) is 2.96. The average Bonchev–Trinajstić information content (AvgIpc) is 2.22. The Kier molecular flexibility index (Phi) is 4.32. The number of halogens is 2. The number of rotatable bonds is 2. The van der Waals surface area contributed by atoms with Gasteiger partial charge in [-0.3, -0.25) is 0 Å². The molecule has 1 aromatic carbocycles. The van der Waals surface area contributed by atoms with Crippen LogP contribution in [-0.2, 0) is 0 Å². The van der Waals surface area contributed by atoms with Crippen molar-refractivity contribution in [1.82, 2.24) is 0 Å². The molecular formula is C11H9BrFNO2. The van der Waals surface area contributed by atoms with Crippen LogP contribution in [0.4, 0.5) is 10.1 Å². The third kappa shape index (κ3) is 2.97. The average molecular weight is 286 g/mol. The van der Waals surface area contributed by atoms with Gasteiger partial charge < -0.3 is 10.8 Å². The summed E-state index contributed by atoms with van der Waals surface area (Å²) in [5, 5.41) is 9.48. The molecule has 84 valence electrons. The maximum Gasteiger partial charge on any atom is 0.337 e. The van der Waals surface area contributed by atoms with E-state index in [1.165, 1.54) is 0 Å². The Bertz CT molecular complexity index is 477. The number of nitrogen functional groups attached to an aromatic ring is 1. The number of carbonyl (C=O) groups is 1. The minimum absolute atomic E-state index is 0.00373. The maximum absolute atomic E-state index is 13.1. The monoisotopic (exact) mass is 285 g/mol. The molecule has 0 aliphatic heterocycles. The molecule has 0 bridgehead atoms. The Labute approximate surface area is 101 Å². The smallest absolute Gasteiger partial charge is 0.337 e. The Morgan fingerprint density at radius 2 is 2.25 bits per heavy atom. The molecule has 0 aromatic heterocycles. The van der Waals surface area contributed by atoms with Gasteiger partial charge in [0.25, 0.3) is 0 Å². The summed E-state index contributed by atoms with van der Waals surface area (Å²) < 4.78 is 13.1. The van der Waals surface area contributed by atoms with Crippen LogP contribution in [0, 0.1) is 17.7 Å². The lowest BCUT2D eigenvalue weighted by atomic mass is 10.1. The largest absolute Gasteiger partial charge is 0.478 e. The number of hydrogen-bond acceptors (Lipinski definition) is 2. The first kappa shape index (κ1) is 12.5. The molecule has 16 heavy (non-hydrogen) atoms. The fraction of sp³-hybridized carbons (Fsp3) is 0.182. The number of anilines is 1. The van der Waals surface area contributed by atoms with E-state index in [0.717, 1.165) is 12.1 Å². The summed E-state index contributed by atoms with van der Waals surface area (Å²) in [5.41, 5.74) is 5.52. The van der Waals surface area contributed by atoms with Crippen LogP contribution < -0.4 is 5.73 Å². The van der Waals surface area contributed by atoms with Gasteiger partial charge in [0.15, 0.2) is 0 Å². The van der Waals surface area contributed by atoms with Gasteiger partial charge in [-0.15, -0.1) is 0 Å². The van der Waals surface area contributed by atoms with Crippen LogP contribution in [-0.4, -0.2) is 16.4 Å². The van der Waals surface area contributed by atoms with Gasteiger partial charge >= 0.3 is 5.97 Å². The van der Waals surface area contributed by atoms with Crippen molar-refractivity contribution in [3.05, 3.63) is 29.1 Å². The number of benzene rings is 1. The van der Waals surface area contributed by atoms with E-state index >= 15 is 0 Å². The van der Waals surface area contributed by atoms with Gasteiger partial charge in [0.05, 0.1) is 16.8 Å². The van der Waals surface area contributed by atoms with Gasteiger partial charge in [-0.05, 0) is 12.1 Å². The molecule has 0 radical (unpaired) electrons. The fourth-order valence-electron chi connectivity index (χ4n) is 1.10. The zero-order valence-corrected chi connectivity index (χ0v) is 9.84. The van der Waals surface area contributed by atoms with E-state index in [1.807, 2.05) is 0 Å². The molecule has 1 aromatic rings. The molecular weight excluding hydrogens is 277 g/mol. The van der Waals surface area contributed by atoms with Crippen LogP contribution in [0.3, 0.4) is 0 Å². The first-order valence-corrected chi connectivity index (χ1v) is 5.55. The standard InChI is InChI=1S/C11H9BrFNO2/c12-4-2-1-3-7-5-8(13)6-9(10(7)14)11(15)16/h5-6H,2,4,14H2,(H,15,16). The highest BCUT2D eigenvalue weighted by molar-refractivity contribution is 9.09. The van der Waals surface area contributed by atoms with E-state index < -0.39 is 11.8 Å². The van der Waals surface area contributed by atoms with Crippen LogP contribution in [0.25, 0.3) is 0 Å². The molecule has 0 unspecified atom stereocenters. The highest BCUT2D eigenvalue weighted by Crippen LogP contribution is 2.19. The van der Waals surface area contributed by atoms with Gasteiger partial charge in [0.2, 0.25) is 0 Å². The molecule has 1 rings (SSSR count). The Morgan fingerprint density at radius 1 is 1.56 bits per heavy atom. The van der Waals surface area contributed by atoms with Crippen molar-refractivity contribution in [3.8, 4) is 11.8 Å². The molecule has 5 heteroatoms. The van der Waals surface area contributed by atoms with E-state index in [4.69, 9.17) is 10.8 Å². The van der Waals surface area contributed by atoms with Crippen molar-refractivity contribution < 1.29 is 14.3 Å². The maximum atomic E-state index is 13.1. The van der Waals surface area contributed by atoms with Crippen LogP contribution in [0.1, 0.15) is 22.3 Å². The molecule has 0 saturated carbocycles. The van der Waals surface area contributed by atoms with Crippen molar-refractivity contribution in [2.45, 2.75) is 6.42 Å². The third-order valence-corrected chi connectivity index (χ3v) is 2.21. The third-order valence-electron chi connectivity index (χ3n) is 1.82. The Morgan fingerprint density at radius 3 is 2.81 bits per heavy atom. The molecule has 0 amide bonds. The Balaban J connectivity index is 3.21. The zero-order valence-electron chi connectivity index (χ0n) is 8.26. The summed E-state index contributed by atoms with van der Waals surface area (Å²) >= 11 is 3.19. The predicted octanol–water partition coefficient (Wildman–Crippen LogP) is 2.24. The zero-order chi connectivity index (χ0) is 12.1. The second-order valence-corrected chi connectivity index (χ2v) is 3.75.